The fourth-order valence-corrected chi connectivity index (χ4v) is 1.63. The van der Waals surface area contributed by atoms with Crippen LogP contribution < -0.4 is 10.8 Å². The Morgan fingerprint density at radius 3 is 2.65 bits per heavy atom. The van der Waals surface area contributed by atoms with Crippen molar-refractivity contribution in [2.75, 3.05) is 26.3 Å². The van der Waals surface area contributed by atoms with Gasteiger partial charge in [0.25, 0.3) is 5.69 Å². The third-order valence-corrected chi connectivity index (χ3v) is 2.45. The number of rotatable bonds is 2. The number of nitrogens with one attached hydrogen (secondary N) is 1. The van der Waals surface area contributed by atoms with Gasteiger partial charge >= 0.3 is 7.12 Å². The summed E-state index contributed by atoms with van der Waals surface area (Å²) in [4.78, 5) is 10.3. The van der Waals surface area contributed by atoms with Gasteiger partial charge in [0.05, 0.1) is 4.92 Å². The molecule has 0 spiro atoms. The molecule has 1 saturated heterocycles. The van der Waals surface area contributed by atoms with Gasteiger partial charge in [-0.25, -0.2) is 0 Å². The van der Waals surface area contributed by atoms with Crippen LogP contribution in [0.25, 0.3) is 0 Å². The van der Waals surface area contributed by atoms with Crippen molar-refractivity contribution < 1.29 is 14.2 Å². The van der Waals surface area contributed by atoms with Crippen LogP contribution in [-0.4, -0.2) is 38.3 Å². The largest absolute Gasteiger partial charge is 0.494 e. The van der Waals surface area contributed by atoms with Crippen LogP contribution in [0.2, 0.25) is 0 Å². The van der Waals surface area contributed by atoms with Gasteiger partial charge in [-0.1, -0.05) is 12.1 Å². The van der Waals surface area contributed by atoms with Gasteiger partial charge in [0, 0.05) is 38.4 Å². The number of nitro groups is 1. The monoisotopic (exact) mass is 236 g/mol. The summed E-state index contributed by atoms with van der Waals surface area (Å²) in [6.07, 6.45) is 0. The van der Waals surface area contributed by atoms with Crippen LogP contribution >= 0.6 is 0 Å². The van der Waals surface area contributed by atoms with Gasteiger partial charge in [0.2, 0.25) is 0 Å². The molecule has 1 aromatic rings. The second kappa shape index (κ2) is 5.76. The number of hydrogen-bond donors (Lipinski definition) is 1. The van der Waals surface area contributed by atoms with Gasteiger partial charge in [0.1, 0.15) is 0 Å². The van der Waals surface area contributed by atoms with E-state index in [4.69, 9.17) is 9.31 Å². The van der Waals surface area contributed by atoms with Crippen molar-refractivity contribution >= 4 is 18.3 Å². The smallest absolute Gasteiger partial charge is 0.406 e. The molecule has 1 N–H and O–H groups in total. The minimum atomic E-state index is -0.517. The molecular formula is C10H13BN2O4. The predicted octanol–water partition coefficient (Wildman–Crippen LogP) is -0.0736. The van der Waals surface area contributed by atoms with Gasteiger partial charge in [-0.15, -0.1) is 0 Å². The van der Waals surface area contributed by atoms with Crippen molar-refractivity contribution in [1.82, 2.24) is 5.32 Å². The Morgan fingerprint density at radius 2 is 2.00 bits per heavy atom. The lowest BCUT2D eigenvalue weighted by atomic mass is 9.78. The average Bonchev–Trinajstić information content (AvgIpc) is 2.28. The van der Waals surface area contributed by atoms with Crippen LogP contribution in [0.3, 0.4) is 0 Å². The highest BCUT2D eigenvalue weighted by atomic mass is 16.6. The van der Waals surface area contributed by atoms with Gasteiger partial charge < -0.3 is 14.6 Å². The van der Waals surface area contributed by atoms with Crippen LogP contribution in [0.4, 0.5) is 5.69 Å². The van der Waals surface area contributed by atoms with E-state index >= 15 is 0 Å². The lowest BCUT2D eigenvalue weighted by Crippen LogP contribution is -2.43. The Bertz CT molecular complexity index is 394. The number of non-ortho nitro benzene ring substituents is 1. The maximum absolute atomic E-state index is 10.7. The molecule has 0 bridgehead atoms. The highest BCUT2D eigenvalue weighted by molar-refractivity contribution is 6.61. The fraction of sp³-hybridized carbons (Fsp3) is 0.400. The topological polar surface area (TPSA) is 73.6 Å². The SMILES string of the molecule is O=[N+]([O-])c1cccc(B2OCCNCCO2)c1. The molecule has 1 aliphatic rings. The fourth-order valence-electron chi connectivity index (χ4n) is 1.63. The molecule has 90 valence electrons. The summed E-state index contributed by atoms with van der Waals surface area (Å²) in [6.45, 7) is 2.56. The van der Waals surface area contributed by atoms with Crippen molar-refractivity contribution in [3.05, 3.63) is 34.4 Å². The minimum absolute atomic E-state index is 0.0508. The van der Waals surface area contributed by atoms with Gasteiger partial charge in [0.15, 0.2) is 0 Å². The zero-order valence-corrected chi connectivity index (χ0v) is 9.30. The van der Waals surface area contributed by atoms with E-state index in [1.54, 1.807) is 12.1 Å². The molecule has 7 heteroatoms. The molecule has 0 radical (unpaired) electrons. The molecule has 17 heavy (non-hydrogen) atoms. The first-order valence-electron chi connectivity index (χ1n) is 5.45. The predicted molar refractivity (Wildman–Crippen MR) is 63.3 cm³/mol. The molecule has 0 amide bonds. The molecular weight excluding hydrogens is 223 g/mol. The zero-order valence-electron chi connectivity index (χ0n) is 9.30. The lowest BCUT2D eigenvalue weighted by Gasteiger charge is -2.18. The summed E-state index contributed by atoms with van der Waals surface area (Å²) in [5.41, 5.74) is 0.732. The standard InChI is InChI=1S/C10H13BN2O4/c14-13(15)10-3-1-2-9(8-10)11-16-6-4-12-5-7-17-11/h1-3,8,12H,4-7H2. The maximum atomic E-state index is 10.7. The lowest BCUT2D eigenvalue weighted by molar-refractivity contribution is -0.384. The number of hydrogen-bond acceptors (Lipinski definition) is 5. The van der Waals surface area contributed by atoms with E-state index < -0.39 is 12.0 Å². The molecule has 0 unspecified atom stereocenters. The Labute approximate surface area is 99.2 Å². The van der Waals surface area contributed by atoms with E-state index in [0.717, 1.165) is 13.1 Å². The van der Waals surface area contributed by atoms with E-state index in [2.05, 4.69) is 5.32 Å². The van der Waals surface area contributed by atoms with Gasteiger partial charge in [-0.05, 0) is 5.46 Å². The summed E-state index contributed by atoms with van der Waals surface area (Å²) in [6, 6.07) is 6.34. The van der Waals surface area contributed by atoms with E-state index in [0.29, 0.717) is 18.7 Å². The Balaban J connectivity index is 2.13. The second-order valence-electron chi connectivity index (χ2n) is 3.68. The van der Waals surface area contributed by atoms with E-state index in [9.17, 15) is 10.1 Å². The number of nitro benzene ring substituents is 1. The van der Waals surface area contributed by atoms with Gasteiger partial charge in [-0.3, -0.25) is 10.1 Å². The molecule has 1 fully saturated rings. The van der Waals surface area contributed by atoms with Crippen LogP contribution in [0, 0.1) is 10.1 Å². The van der Waals surface area contributed by atoms with Crippen LogP contribution in [0.1, 0.15) is 0 Å². The van der Waals surface area contributed by atoms with Crippen molar-refractivity contribution in [2.45, 2.75) is 0 Å². The van der Waals surface area contributed by atoms with Gasteiger partial charge in [-0.2, -0.15) is 0 Å². The Hall–Kier alpha value is -1.44. The van der Waals surface area contributed by atoms with Crippen molar-refractivity contribution in [3.63, 3.8) is 0 Å². The summed E-state index contributed by atoms with van der Waals surface area (Å²) >= 11 is 0. The normalized spacial score (nSPS) is 17.3. The summed E-state index contributed by atoms with van der Waals surface area (Å²) in [5, 5.41) is 13.8. The van der Waals surface area contributed by atoms with Crippen molar-refractivity contribution in [1.29, 1.82) is 0 Å². The highest BCUT2D eigenvalue weighted by Crippen LogP contribution is 2.08. The molecule has 2 rings (SSSR count). The van der Waals surface area contributed by atoms with Crippen molar-refractivity contribution in [2.24, 2.45) is 0 Å². The molecule has 0 aromatic heterocycles. The van der Waals surface area contributed by atoms with E-state index in [1.165, 1.54) is 12.1 Å². The average molecular weight is 236 g/mol. The Kier molecular flexibility index (Phi) is 4.08. The molecule has 6 nitrogen and oxygen atoms in total. The van der Waals surface area contributed by atoms with E-state index in [-0.39, 0.29) is 5.69 Å². The van der Waals surface area contributed by atoms with Crippen molar-refractivity contribution in [3.8, 4) is 0 Å². The number of benzene rings is 1. The van der Waals surface area contributed by atoms with E-state index in [1.807, 2.05) is 0 Å². The maximum Gasteiger partial charge on any atom is 0.494 e. The molecule has 1 aliphatic heterocycles. The molecule has 0 atom stereocenters. The second-order valence-corrected chi connectivity index (χ2v) is 3.68. The Morgan fingerprint density at radius 1 is 1.29 bits per heavy atom. The molecule has 1 aromatic carbocycles. The minimum Gasteiger partial charge on any atom is -0.406 e. The first-order chi connectivity index (χ1) is 8.27. The summed E-state index contributed by atoms with van der Waals surface area (Å²) in [5.74, 6) is 0. The number of nitrogens with zero attached hydrogens (tertiary/aromatic N) is 1. The third-order valence-electron chi connectivity index (χ3n) is 2.45. The van der Waals surface area contributed by atoms with Crippen LogP contribution in [0.15, 0.2) is 24.3 Å². The zero-order chi connectivity index (χ0) is 12.1. The van der Waals surface area contributed by atoms with Crippen LogP contribution in [0.5, 0.6) is 0 Å². The quantitative estimate of drug-likeness (QED) is 0.442. The first kappa shape index (κ1) is 12.0. The summed E-state index contributed by atoms with van der Waals surface area (Å²) < 4.78 is 11.0. The third kappa shape index (κ3) is 3.26. The molecule has 0 aliphatic carbocycles. The summed E-state index contributed by atoms with van der Waals surface area (Å²) in [7, 11) is -0.517. The molecule has 1 heterocycles. The van der Waals surface area contributed by atoms with Crippen LogP contribution in [-0.2, 0) is 9.31 Å². The first-order valence-corrected chi connectivity index (χ1v) is 5.45. The highest BCUT2D eigenvalue weighted by Gasteiger charge is 2.24. The molecule has 0 saturated carbocycles.